The minimum atomic E-state index is 0.00603. The summed E-state index contributed by atoms with van der Waals surface area (Å²) in [5.74, 6) is 1.02. The van der Waals surface area contributed by atoms with Crippen LogP contribution in [0.1, 0.15) is 32.4 Å². The van der Waals surface area contributed by atoms with Crippen LogP contribution in [0.2, 0.25) is 0 Å². The summed E-state index contributed by atoms with van der Waals surface area (Å²) in [7, 11) is 0. The smallest absolute Gasteiger partial charge is 0.132 e. The van der Waals surface area contributed by atoms with Gasteiger partial charge in [0.25, 0.3) is 0 Å². The molecule has 1 aliphatic heterocycles. The van der Waals surface area contributed by atoms with Gasteiger partial charge in [-0.3, -0.25) is 0 Å². The quantitative estimate of drug-likeness (QED) is 0.832. The minimum absolute atomic E-state index is 0.00603. The second-order valence-electron chi connectivity index (χ2n) is 4.69. The molecule has 1 fully saturated rings. The summed E-state index contributed by atoms with van der Waals surface area (Å²) >= 11 is 0. The monoisotopic (exact) mass is 220 g/mol. The summed E-state index contributed by atoms with van der Waals surface area (Å²) in [6.45, 7) is 6.12. The molecule has 4 heteroatoms. The average Bonchev–Trinajstić information content (AvgIpc) is 2.26. The van der Waals surface area contributed by atoms with E-state index >= 15 is 0 Å². The Hall–Kier alpha value is -1.16. The van der Waals surface area contributed by atoms with Crippen LogP contribution in [0.3, 0.4) is 0 Å². The number of nitrogens with zero attached hydrogens (tertiary/aromatic N) is 3. The molecule has 0 amide bonds. The fourth-order valence-corrected chi connectivity index (χ4v) is 2.28. The molecule has 1 saturated heterocycles. The van der Waals surface area contributed by atoms with Crippen molar-refractivity contribution in [1.29, 1.82) is 0 Å². The SMILES string of the molecule is CCCC1(N)CN(c2cc(CC)ncn2)C1. The topological polar surface area (TPSA) is 55.0 Å². The molecule has 0 radical (unpaired) electrons. The van der Waals surface area contributed by atoms with Crippen molar-refractivity contribution in [3.8, 4) is 0 Å². The molecule has 2 N–H and O–H groups in total. The highest BCUT2D eigenvalue weighted by atomic mass is 15.3. The minimum Gasteiger partial charge on any atom is -0.353 e. The van der Waals surface area contributed by atoms with E-state index < -0.39 is 0 Å². The highest BCUT2D eigenvalue weighted by Gasteiger charge is 2.39. The molecule has 2 rings (SSSR count). The van der Waals surface area contributed by atoms with Crippen molar-refractivity contribution in [2.24, 2.45) is 5.73 Å². The summed E-state index contributed by atoms with van der Waals surface area (Å²) < 4.78 is 0. The van der Waals surface area contributed by atoms with Crippen LogP contribution in [0.15, 0.2) is 12.4 Å². The number of aromatic nitrogens is 2. The second-order valence-corrected chi connectivity index (χ2v) is 4.69. The van der Waals surface area contributed by atoms with Crippen LogP contribution in [0, 0.1) is 0 Å². The summed E-state index contributed by atoms with van der Waals surface area (Å²) in [6, 6.07) is 2.06. The Morgan fingerprint density at radius 2 is 2.12 bits per heavy atom. The van der Waals surface area contributed by atoms with Gasteiger partial charge in [0.1, 0.15) is 12.1 Å². The zero-order valence-corrected chi connectivity index (χ0v) is 10.1. The molecular weight excluding hydrogens is 200 g/mol. The van der Waals surface area contributed by atoms with Gasteiger partial charge in [0.2, 0.25) is 0 Å². The van der Waals surface area contributed by atoms with E-state index in [1.165, 1.54) is 0 Å². The van der Waals surface area contributed by atoms with Gasteiger partial charge in [-0.25, -0.2) is 9.97 Å². The molecule has 0 aliphatic carbocycles. The number of nitrogens with two attached hydrogens (primary N) is 1. The maximum Gasteiger partial charge on any atom is 0.132 e. The molecule has 1 aliphatic rings. The third kappa shape index (κ3) is 2.16. The number of hydrogen-bond donors (Lipinski definition) is 1. The van der Waals surface area contributed by atoms with Gasteiger partial charge in [-0.15, -0.1) is 0 Å². The molecule has 0 unspecified atom stereocenters. The van der Waals surface area contributed by atoms with E-state index in [1.807, 2.05) is 0 Å². The van der Waals surface area contributed by atoms with E-state index in [0.717, 1.165) is 43.9 Å². The van der Waals surface area contributed by atoms with Gasteiger partial charge >= 0.3 is 0 Å². The number of hydrogen-bond acceptors (Lipinski definition) is 4. The predicted molar refractivity (Wildman–Crippen MR) is 65.4 cm³/mol. The van der Waals surface area contributed by atoms with E-state index in [1.54, 1.807) is 6.33 Å². The Morgan fingerprint density at radius 3 is 2.75 bits per heavy atom. The Kier molecular flexibility index (Phi) is 3.10. The van der Waals surface area contributed by atoms with Gasteiger partial charge < -0.3 is 10.6 Å². The van der Waals surface area contributed by atoms with Crippen molar-refractivity contribution in [3.05, 3.63) is 18.1 Å². The first-order valence-corrected chi connectivity index (χ1v) is 6.01. The van der Waals surface area contributed by atoms with Crippen molar-refractivity contribution >= 4 is 5.82 Å². The van der Waals surface area contributed by atoms with Crippen LogP contribution in [0.4, 0.5) is 5.82 Å². The van der Waals surface area contributed by atoms with Crippen molar-refractivity contribution < 1.29 is 0 Å². The van der Waals surface area contributed by atoms with Gasteiger partial charge in [0.15, 0.2) is 0 Å². The third-order valence-electron chi connectivity index (χ3n) is 3.15. The highest BCUT2D eigenvalue weighted by molar-refractivity contribution is 5.44. The molecule has 0 saturated carbocycles. The van der Waals surface area contributed by atoms with Crippen molar-refractivity contribution in [3.63, 3.8) is 0 Å². The predicted octanol–water partition coefficient (Wildman–Crippen LogP) is 1.36. The van der Waals surface area contributed by atoms with Gasteiger partial charge in [-0.05, 0) is 12.8 Å². The van der Waals surface area contributed by atoms with Gasteiger partial charge in [-0.2, -0.15) is 0 Å². The Balaban J connectivity index is 2.00. The molecule has 2 heterocycles. The Bertz CT molecular complexity index is 358. The molecule has 0 bridgehead atoms. The maximum absolute atomic E-state index is 6.23. The molecule has 0 aromatic carbocycles. The summed E-state index contributed by atoms with van der Waals surface area (Å²) in [4.78, 5) is 10.7. The van der Waals surface area contributed by atoms with Crippen LogP contribution in [-0.2, 0) is 6.42 Å². The summed E-state index contributed by atoms with van der Waals surface area (Å²) in [5.41, 5.74) is 7.33. The lowest BCUT2D eigenvalue weighted by Gasteiger charge is -2.48. The molecule has 1 aromatic rings. The highest BCUT2D eigenvalue weighted by Crippen LogP contribution is 2.27. The zero-order valence-electron chi connectivity index (χ0n) is 10.1. The number of anilines is 1. The van der Waals surface area contributed by atoms with E-state index in [2.05, 4.69) is 34.8 Å². The van der Waals surface area contributed by atoms with Crippen LogP contribution in [0.5, 0.6) is 0 Å². The van der Waals surface area contributed by atoms with Gasteiger partial charge in [-0.1, -0.05) is 20.3 Å². The molecule has 88 valence electrons. The Morgan fingerprint density at radius 1 is 1.38 bits per heavy atom. The fraction of sp³-hybridized carbons (Fsp3) is 0.667. The van der Waals surface area contributed by atoms with Gasteiger partial charge in [0, 0.05) is 24.8 Å². The molecule has 0 spiro atoms. The van der Waals surface area contributed by atoms with Crippen molar-refractivity contribution in [2.75, 3.05) is 18.0 Å². The lowest BCUT2D eigenvalue weighted by atomic mass is 9.86. The lowest BCUT2D eigenvalue weighted by molar-refractivity contribution is 0.305. The average molecular weight is 220 g/mol. The molecule has 4 nitrogen and oxygen atoms in total. The maximum atomic E-state index is 6.23. The largest absolute Gasteiger partial charge is 0.353 e. The first-order chi connectivity index (χ1) is 7.67. The normalized spacial score (nSPS) is 18.3. The standard InChI is InChI=1S/C12H20N4/c1-3-5-12(13)7-16(8-12)11-6-10(4-2)14-9-15-11/h6,9H,3-5,7-8,13H2,1-2H3. The molecule has 0 atom stereocenters. The van der Waals surface area contributed by atoms with Crippen molar-refractivity contribution in [2.45, 2.75) is 38.6 Å². The summed E-state index contributed by atoms with van der Waals surface area (Å²) in [6.07, 6.45) is 4.83. The Labute approximate surface area is 96.9 Å². The van der Waals surface area contributed by atoms with Crippen LogP contribution < -0.4 is 10.6 Å². The second kappa shape index (κ2) is 4.37. The van der Waals surface area contributed by atoms with Crippen molar-refractivity contribution in [1.82, 2.24) is 9.97 Å². The van der Waals surface area contributed by atoms with Crippen LogP contribution in [-0.4, -0.2) is 28.6 Å². The van der Waals surface area contributed by atoms with E-state index in [-0.39, 0.29) is 5.54 Å². The first kappa shape index (κ1) is 11.3. The van der Waals surface area contributed by atoms with Gasteiger partial charge in [0.05, 0.1) is 5.54 Å². The van der Waals surface area contributed by atoms with E-state index in [0.29, 0.717) is 0 Å². The number of rotatable bonds is 4. The molecule has 1 aromatic heterocycles. The lowest BCUT2D eigenvalue weighted by Crippen LogP contribution is -2.67. The third-order valence-corrected chi connectivity index (χ3v) is 3.15. The van der Waals surface area contributed by atoms with Crippen LogP contribution in [0.25, 0.3) is 0 Å². The molecular formula is C12H20N4. The summed E-state index contributed by atoms with van der Waals surface area (Å²) in [5, 5.41) is 0. The van der Waals surface area contributed by atoms with E-state index in [4.69, 9.17) is 5.73 Å². The van der Waals surface area contributed by atoms with Crippen LogP contribution >= 0.6 is 0 Å². The zero-order chi connectivity index (χ0) is 11.6. The van der Waals surface area contributed by atoms with E-state index in [9.17, 15) is 0 Å². The first-order valence-electron chi connectivity index (χ1n) is 6.01. The number of aryl methyl sites for hydroxylation is 1. The molecule has 16 heavy (non-hydrogen) atoms. The fourth-order valence-electron chi connectivity index (χ4n) is 2.28.